The van der Waals surface area contributed by atoms with Crippen LogP contribution >= 0.6 is 0 Å². The molecule has 0 radical (unpaired) electrons. The van der Waals surface area contributed by atoms with Gasteiger partial charge in [-0.15, -0.1) is 0 Å². The molecule has 1 unspecified atom stereocenters. The van der Waals surface area contributed by atoms with Crippen molar-refractivity contribution in [3.05, 3.63) is 98.5 Å². The molecule has 5 rings (SSSR count). The largest absolute Gasteiger partial charge is 0.467 e. The maximum absolute atomic E-state index is 13.2. The van der Waals surface area contributed by atoms with Gasteiger partial charge in [-0.25, -0.2) is 5.01 Å². The number of carbonyl (C=O) groups is 1. The molecule has 4 heterocycles. The first-order chi connectivity index (χ1) is 16.4. The molecule has 0 N–H and O–H groups in total. The molecule has 34 heavy (non-hydrogen) atoms. The van der Waals surface area contributed by atoms with Crippen molar-refractivity contribution in [2.75, 3.05) is 0 Å². The standard InChI is InChI=1S/C23H15N5O6/c24-11-15-8-16(28(31)32)12-26(23(15)30)13-22(29)27-18(20-6-3-7-33-20)10-17(25-27)21-9-14-4-1-2-5-19(14)34-21/h1-9,12,18H,10,13H2. The number of nitriles is 1. The van der Waals surface area contributed by atoms with Crippen LogP contribution in [0.1, 0.15) is 29.5 Å². The Morgan fingerprint density at radius 1 is 1.26 bits per heavy atom. The van der Waals surface area contributed by atoms with Gasteiger partial charge in [0.1, 0.15) is 41.3 Å². The first kappa shape index (κ1) is 20.9. The zero-order valence-corrected chi connectivity index (χ0v) is 17.5. The number of para-hydroxylation sites is 1. The number of hydrazone groups is 1. The van der Waals surface area contributed by atoms with Crippen molar-refractivity contribution in [2.24, 2.45) is 5.10 Å². The van der Waals surface area contributed by atoms with Gasteiger partial charge in [0.15, 0.2) is 5.76 Å². The lowest BCUT2D eigenvalue weighted by Gasteiger charge is -2.20. The van der Waals surface area contributed by atoms with E-state index in [1.807, 2.05) is 30.3 Å². The summed E-state index contributed by atoms with van der Waals surface area (Å²) >= 11 is 0. The zero-order chi connectivity index (χ0) is 23.8. The number of hydrogen-bond acceptors (Lipinski definition) is 8. The third-order valence-corrected chi connectivity index (χ3v) is 5.46. The molecule has 168 valence electrons. The molecule has 1 amide bonds. The summed E-state index contributed by atoms with van der Waals surface area (Å²) in [6.45, 7) is -0.552. The van der Waals surface area contributed by atoms with Crippen molar-refractivity contribution in [1.29, 1.82) is 5.26 Å². The molecule has 0 spiro atoms. The Bertz CT molecular complexity index is 1520. The Hall–Kier alpha value is -4.98. The summed E-state index contributed by atoms with van der Waals surface area (Å²) < 4.78 is 12.2. The van der Waals surface area contributed by atoms with E-state index in [0.29, 0.717) is 29.2 Å². The maximum atomic E-state index is 13.2. The van der Waals surface area contributed by atoms with Crippen LogP contribution in [0.5, 0.6) is 0 Å². The van der Waals surface area contributed by atoms with Crippen molar-refractivity contribution in [1.82, 2.24) is 9.58 Å². The lowest BCUT2D eigenvalue weighted by atomic mass is 10.1. The first-order valence-electron chi connectivity index (χ1n) is 10.2. The third kappa shape index (κ3) is 3.63. The van der Waals surface area contributed by atoms with Crippen molar-refractivity contribution < 1.29 is 18.6 Å². The van der Waals surface area contributed by atoms with Gasteiger partial charge in [0.2, 0.25) is 0 Å². The van der Waals surface area contributed by atoms with Crippen molar-refractivity contribution in [3.63, 3.8) is 0 Å². The predicted molar refractivity (Wildman–Crippen MR) is 118 cm³/mol. The van der Waals surface area contributed by atoms with Crippen LogP contribution in [-0.4, -0.2) is 26.1 Å². The van der Waals surface area contributed by atoms with Crippen molar-refractivity contribution >= 4 is 28.3 Å². The average Bonchev–Trinajstić information content (AvgIpc) is 3.58. The second-order valence-corrected chi connectivity index (χ2v) is 7.58. The third-order valence-electron chi connectivity index (χ3n) is 5.46. The van der Waals surface area contributed by atoms with E-state index < -0.39 is 40.2 Å². The minimum absolute atomic E-state index is 0.298. The summed E-state index contributed by atoms with van der Waals surface area (Å²) in [4.78, 5) is 36.2. The van der Waals surface area contributed by atoms with Gasteiger partial charge in [-0.2, -0.15) is 10.4 Å². The Kier molecular flexibility index (Phi) is 5.03. The summed E-state index contributed by atoms with van der Waals surface area (Å²) in [6.07, 6.45) is 2.71. The molecule has 1 aromatic carbocycles. The predicted octanol–water partition coefficient (Wildman–Crippen LogP) is 3.35. The molecule has 0 saturated carbocycles. The fraction of sp³-hybridized carbons (Fsp3) is 0.130. The fourth-order valence-electron chi connectivity index (χ4n) is 3.85. The van der Waals surface area contributed by atoms with Crippen LogP contribution in [0, 0.1) is 21.4 Å². The van der Waals surface area contributed by atoms with Gasteiger partial charge >= 0.3 is 0 Å². The van der Waals surface area contributed by atoms with E-state index >= 15 is 0 Å². The number of amides is 1. The van der Waals surface area contributed by atoms with Crippen LogP contribution in [-0.2, 0) is 11.3 Å². The minimum atomic E-state index is -0.809. The number of pyridine rings is 1. The minimum Gasteiger partial charge on any atom is -0.467 e. The molecule has 11 heteroatoms. The van der Waals surface area contributed by atoms with Gasteiger partial charge in [0.25, 0.3) is 17.2 Å². The van der Waals surface area contributed by atoms with Crippen LogP contribution < -0.4 is 5.56 Å². The van der Waals surface area contributed by atoms with E-state index in [2.05, 4.69) is 5.10 Å². The van der Waals surface area contributed by atoms with Gasteiger partial charge in [-0.05, 0) is 24.3 Å². The molecule has 4 aromatic rings. The number of benzene rings is 1. The number of fused-ring (bicyclic) bond motifs is 1. The molecule has 1 aliphatic heterocycles. The van der Waals surface area contributed by atoms with Gasteiger partial charge in [0, 0.05) is 17.9 Å². The Balaban J connectivity index is 1.51. The maximum Gasteiger partial charge on any atom is 0.287 e. The van der Waals surface area contributed by atoms with Gasteiger partial charge < -0.3 is 8.83 Å². The summed E-state index contributed by atoms with van der Waals surface area (Å²) in [6, 6.07) is 14.6. The van der Waals surface area contributed by atoms with Crippen molar-refractivity contribution in [3.8, 4) is 6.07 Å². The summed E-state index contributed by atoms with van der Waals surface area (Å²) in [7, 11) is 0. The molecular formula is C23H15N5O6. The number of nitro groups is 1. The Morgan fingerprint density at radius 2 is 2.09 bits per heavy atom. The Morgan fingerprint density at radius 3 is 2.79 bits per heavy atom. The molecule has 0 aliphatic carbocycles. The smallest absolute Gasteiger partial charge is 0.287 e. The normalized spacial score (nSPS) is 15.3. The average molecular weight is 457 g/mol. The van der Waals surface area contributed by atoms with E-state index in [9.17, 15) is 19.7 Å². The van der Waals surface area contributed by atoms with Gasteiger partial charge in [0.05, 0.1) is 17.4 Å². The van der Waals surface area contributed by atoms with E-state index in [1.54, 1.807) is 18.2 Å². The summed E-state index contributed by atoms with van der Waals surface area (Å²) in [5.74, 6) is 0.360. The number of rotatable bonds is 5. The highest BCUT2D eigenvalue weighted by Crippen LogP contribution is 2.34. The fourth-order valence-corrected chi connectivity index (χ4v) is 3.85. The molecule has 11 nitrogen and oxygen atoms in total. The van der Waals surface area contributed by atoms with Crippen LogP contribution in [0.25, 0.3) is 11.0 Å². The van der Waals surface area contributed by atoms with Crippen LogP contribution in [0.2, 0.25) is 0 Å². The van der Waals surface area contributed by atoms with Crippen LogP contribution in [0.15, 0.2) is 79.7 Å². The quantitative estimate of drug-likeness (QED) is 0.330. The highest BCUT2D eigenvalue weighted by molar-refractivity contribution is 6.03. The number of furan rings is 2. The highest BCUT2D eigenvalue weighted by Gasteiger charge is 2.36. The SMILES string of the molecule is N#Cc1cc([N+](=O)[O-])cn(CC(=O)N2N=C(c3cc4ccccc4o3)CC2c2ccco2)c1=O. The summed E-state index contributed by atoms with van der Waals surface area (Å²) in [5, 5.41) is 26.9. The number of aromatic nitrogens is 1. The molecule has 0 bridgehead atoms. The van der Waals surface area contributed by atoms with Gasteiger partial charge in [-0.1, -0.05) is 18.2 Å². The first-order valence-corrected chi connectivity index (χ1v) is 10.2. The lowest BCUT2D eigenvalue weighted by molar-refractivity contribution is -0.385. The van der Waals surface area contributed by atoms with Crippen molar-refractivity contribution in [2.45, 2.75) is 19.0 Å². The Labute approximate surface area is 190 Å². The number of nitrogens with zero attached hydrogens (tertiary/aromatic N) is 5. The van der Waals surface area contributed by atoms with E-state index in [1.165, 1.54) is 11.3 Å². The second kappa shape index (κ2) is 8.18. The molecule has 1 atom stereocenters. The van der Waals surface area contributed by atoms with E-state index in [4.69, 9.17) is 14.1 Å². The highest BCUT2D eigenvalue weighted by atomic mass is 16.6. The molecule has 0 saturated heterocycles. The zero-order valence-electron chi connectivity index (χ0n) is 17.5. The molecule has 1 aliphatic rings. The second-order valence-electron chi connectivity index (χ2n) is 7.58. The summed E-state index contributed by atoms with van der Waals surface area (Å²) in [5.41, 5.74) is -0.532. The van der Waals surface area contributed by atoms with Crippen LogP contribution in [0.4, 0.5) is 5.69 Å². The van der Waals surface area contributed by atoms with E-state index in [0.717, 1.165) is 22.2 Å². The number of carbonyl (C=O) groups excluding carboxylic acids is 1. The molecule has 3 aromatic heterocycles. The topological polar surface area (TPSA) is 148 Å². The lowest BCUT2D eigenvalue weighted by Crippen LogP contribution is -2.34. The van der Waals surface area contributed by atoms with Crippen LogP contribution in [0.3, 0.4) is 0 Å². The molecule has 0 fully saturated rings. The molecular weight excluding hydrogens is 442 g/mol. The number of hydrogen-bond donors (Lipinski definition) is 0. The van der Waals surface area contributed by atoms with E-state index in [-0.39, 0.29) is 0 Å². The van der Waals surface area contributed by atoms with Gasteiger partial charge in [-0.3, -0.25) is 24.3 Å². The monoisotopic (exact) mass is 457 g/mol.